The molecule has 4 N–H and O–H groups in total. The monoisotopic (exact) mass is 237 g/mol. The van der Waals surface area contributed by atoms with Crippen LogP contribution in [0.3, 0.4) is 0 Å². The number of nitrogens with two attached hydrogens (primary N) is 1. The molecule has 1 aromatic heterocycles. The second kappa shape index (κ2) is 5.29. The van der Waals surface area contributed by atoms with Gasteiger partial charge in [-0.25, -0.2) is 15.8 Å². The van der Waals surface area contributed by atoms with Gasteiger partial charge in [-0.05, 0) is 20.3 Å². The van der Waals surface area contributed by atoms with Crippen molar-refractivity contribution >= 4 is 11.6 Å². The van der Waals surface area contributed by atoms with Crippen LogP contribution in [0, 0.1) is 12.8 Å². The summed E-state index contributed by atoms with van der Waals surface area (Å²) in [6.07, 6.45) is 1.41. The SMILES string of the molecule is Cc1nc(NN)cc(NCC2CCOC2C)n1. The topological polar surface area (TPSA) is 85.1 Å². The van der Waals surface area contributed by atoms with Crippen molar-refractivity contribution in [2.24, 2.45) is 11.8 Å². The Morgan fingerprint density at radius 2 is 2.24 bits per heavy atom. The van der Waals surface area contributed by atoms with Crippen molar-refractivity contribution in [3.63, 3.8) is 0 Å². The van der Waals surface area contributed by atoms with Crippen molar-refractivity contribution < 1.29 is 4.74 Å². The molecule has 6 nitrogen and oxygen atoms in total. The van der Waals surface area contributed by atoms with Gasteiger partial charge in [-0.3, -0.25) is 0 Å². The number of hydrazine groups is 1. The van der Waals surface area contributed by atoms with Crippen LogP contribution in [0.25, 0.3) is 0 Å². The first-order chi connectivity index (χ1) is 8.19. The molecule has 1 aliphatic rings. The molecule has 2 unspecified atom stereocenters. The molecular formula is C11H19N5O. The molecule has 0 aliphatic carbocycles. The maximum Gasteiger partial charge on any atom is 0.145 e. The lowest BCUT2D eigenvalue weighted by molar-refractivity contribution is 0.108. The number of anilines is 2. The molecule has 0 aromatic carbocycles. The Bertz CT molecular complexity index is 384. The minimum Gasteiger partial charge on any atom is -0.378 e. The van der Waals surface area contributed by atoms with Crippen molar-refractivity contribution in [2.45, 2.75) is 26.4 Å². The Labute approximate surface area is 101 Å². The van der Waals surface area contributed by atoms with Crippen LogP contribution >= 0.6 is 0 Å². The Morgan fingerprint density at radius 3 is 2.88 bits per heavy atom. The number of aromatic nitrogens is 2. The molecule has 17 heavy (non-hydrogen) atoms. The van der Waals surface area contributed by atoms with Crippen LogP contribution in [0.15, 0.2) is 6.07 Å². The van der Waals surface area contributed by atoms with E-state index in [-0.39, 0.29) is 0 Å². The van der Waals surface area contributed by atoms with Crippen LogP contribution in [0.1, 0.15) is 19.2 Å². The van der Waals surface area contributed by atoms with Crippen molar-refractivity contribution in [1.29, 1.82) is 0 Å². The summed E-state index contributed by atoms with van der Waals surface area (Å²) in [5.41, 5.74) is 2.53. The predicted molar refractivity (Wildman–Crippen MR) is 66.6 cm³/mol. The van der Waals surface area contributed by atoms with E-state index in [0.29, 0.717) is 23.7 Å². The summed E-state index contributed by atoms with van der Waals surface area (Å²) in [6, 6.07) is 1.80. The van der Waals surface area contributed by atoms with Gasteiger partial charge in [-0.1, -0.05) is 0 Å². The Kier molecular flexibility index (Phi) is 3.75. The van der Waals surface area contributed by atoms with Gasteiger partial charge in [0.2, 0.25) is 0 Å². The van der Waals surface area contributed by atoms with E-state index >= 15 is 0 Å². The molecular weight excluding hydrogens is 218 g/mol. The standard InChI is InChI=1S/C11H19N5O/c1-7-9(3-4-17-7)6-13-10-5-11(16-12)15-8(2)14-10/h5,7,9H,3-4,6,12H2,1-2H3,(H2,13,14,15,16). The van der Waals surface area contributed by atoms with E-state index in [1.54, 1.807) is 6.07 Å². The van der Waals surface area contributed by atoms with Crippen molar-refractivity contribution in [3.05, 3.63) is 11.9 Å². The zero-order chi connectivity index (χ0) is 12.3. The summed E-state index contributed by atoms with van der Waals surface area (Å²) < 4.78 is 5.52. The van der Waals surface area contributed by atoms with Crippen LogP contribution in [0.5, 0.6) is 0 Å². The molecule has 0 spiro atoms. The molecule has 0 radical (unpaired) electrons. The van der Waals surface area contributed by atoms with E-state index in [2.05, 4.69) is 27.6 Å². The number of aryl methyl sites for hydroxylation is 1. The average Bonchev–Trinajstić information content (AvgIpc) is 2.71. The van der Waals surface area contributed by atoms with Gasteiger partial charge in [0.05, 0.1) is 6.10 Å². The van der Waals surface area contributed by atoms with Crippen molar-refractivity contribution in [1.82, 2.24) is 9.97 Å². The van der Waals surface area contributed by atoms with Crippen LogP contribution in [-0.2, 0) is 4.74 Å². The van der Waals surface area contributed by atoms with E-state index in [1.165, 1.54) is 0 Å². The third kappa shape index (κ3) is 3.04. The van der Waals surface area contributed by atoms with Gasteiger partial charge < -0.3 is 15.5 Å². The predicted octanol–water partition coefficient (Wildman–Crippen LogP) is 0.908. The van der Waals surface area contributed by atoms with Gasteiger partial charge in [0.15, 0.2) is 0 Å². The summed E-state index contributed by atoms with van der Waals surface area (Å²) in [7, 11) is 0. The molecule has 0 bridgehead atoms. The number of nitrogens with zero attached hydrogens (tertiary/aromatic N) is 2. The smallest absolute Gasteiger partial charge is 0.145 e. The molecule has 94 valence electrons. The second-order valence-corrected chi connectivity index (χ2v) is 4.34. The maximum atomic E-state index is 5.52. The molecule has 6 heteroatoms. The van der Waals surface area contributed by atoms with E-state index < -0.39 is 0 Å². The Hall–Kier alpha value is -1.40. The first kappa shape index (κ1) is 12.1. The minimum atomic E-state index is 0.317. The van der Waals surface area contributed by atoms with Gasteiger partial charge >= 0.3 is 0 Å². The van der Waals surface area contributed by atoms with Crippen molar-refractivity contribution in [2.75, 3.05) is 23.9 Å². The summed E-state index contributed by atoms with van der Waals surface area (Å²) in [5.74, 6) is 7.99. The number of hydrogen-bond donors (Lipinski definition) is 3. The number of nitrogens with one attached hydrogen (secondary N) is 2. The number of ether oxygens (including phenoxy) is 1. The number of rotatable bonds is 4. The second-order valence-electron chi connectivity index (χ2n) is 4.34. The molecule has 1 aromatic rings. The fraction of sp³-hybridized carbons (Fsp3) is 0.636. The highest BCUT2D eigenvalue weighted by Crippen LogP contribution is 2.21. The van der Waals surface area contributed by atoms with Crippen molar-refractivity contribution in [3.8, 4) is 0 Å². The van der Waals surface area contributed by atoms with Crippen LogP contribution in [0.4, 0.5) is 11.6 Å². The molecule has 2 rings (SSSR count). The molecule has 0 saturated carbocycles. The summed E-state index contributed by atoms with van der Waals surface area (Å²) >= 11 is 0. The fourth-order valence-corrected chi connectivity index (χ4v) is 2.01. The molecule has 2 heterocycles. The first-order valence-corrected chi connectivity index (χ1v) is 5.87. The van der Waals surface area contributed by atoms with Gasteiger partial charge in [-0.15, -0.1) is 0 Å². The van der Waals surface area contributed by atoms with Crippen LogP contribution in [-0.4, -0.2) is 29.2 Å². The largest absolute Gasteiger partial charge is 0.378 e. The fourth-order valence-electron chi connectivity index (χ4n) is 2.01. The summed E-state index contributed by atoms with van der Waals surface area (Å²) in [5, 5.41) is 3.31. The summed E-state index contributed by atoms with van der Waals surface area (Å²) in [6.45, 7) is 5.66. The van der Waals surface area contributed by atoms with E-state index in [0.717, 1.165) is 25.4 Å². The van der Waals surface area contributed by atoms with E-state index in [4.69, 9.17) is 10.6 Å². The van der Waals surface area contributed by atoms with Crippen LogP contribution in [0.2, 0.25) is 0 Å². The van der Waals surface area contributed by atoms with Gasteiger partial charge in [-0.2, -0.15) is 0 Å². The van der Waals surface area contributed by atoms with Gasteiger partial charge in [0, 0.05) is 25.1 Å². The quantitative estimate of drug-likeness (QED) is 0.533. The third-order valence-electron chi connectivity index (χ3n) is 3.06. The number of hydrogen-bond acceptors (Lipinski definition) is 6. The normalized spacial score (nSPS) is 23.7. The van der Waals surface area contributed by atoms with E-state index in [9.17, 15) is 0 Å². The lowest BCUT2D eigenvalue weighted by Gasteiger charge is -2.15. The average molecular weight is 237 g/mol. The number of nitrogen functional groups attached to an aromatic ring is 1. The molecule has 2 atom stereocenters. The molecule has 1 saturated heterocycles. The first-order valence-electron chi connectivity index (χ1n) is 5.87. The van der Waals surface area contributed by atoms with Crippen LogP contribution < -0.4 is 16.6 Å². The highest BCUT2D eigenvalue weighted by atomic mass is 16.5. The molecule has 0 amide bonds. The molecule has 1 fully saturated rings. The Balaban J connectivity index is 1.96. The zero-order valence-corrected chi connectivity index (χ0v) is 10.2. The Morgan fingerprint density at radius 1 is 1.47 bits per heavy atom. The third-order valence-corrected chi connectivity index (χ3v) is 3.06. The summed E-state index contributed by atoms with van der Waals surface area (Å²) in [4.78, 5) is 8.44. The lowest BCUT2D eigenvalue weighted by atomic mass is 10.0. The highest BCUT2D eigenvalue weighted by Gasteiger charge is 2.23. The van der Waals surface area contributed by atoms with Gasteiger partial charge in [0.25, 0.3) is 0 Å². The lowest BCUT2D eigenvalue weighted by Crippen LogP contribution is -2.21. The highest BCUT2D eigenvalue weighted by molar-refractivity contribution is 5.46. The van der Waals surface area contributed by atoms with Gasteiger partial charge in [0.1, 0.15) is 17.5 Å². The van der Waals surface area contributed by atoms with E-state index in [1.807, 2.05) is 6.92 Å². The molecule has 1 aliphatic heterocycles. The minimum absolute atomic E-state index is 0.317. The zero-order valence-electron chi connectivity index (χ0n) is 10.2. The maximum absolute atomic E-state index is 5.52.